The van der Waals surface area contributed by atoms with Crippen LogP contribution in [0.25, 0.3) is 0 Å². The van der Waals surface area contributed by atoms with Gasteiger partial charge in [0.25, 0.3) is 0 Å². The Morgan fingerprint density at radius 2 is 1.94 bits per heavy atom. The van der Waals surface area contributed by atoms with Crippen molar-refractivity contribution in [3.63, 3.8) is 0 Å². The molecule has 0 aliphatic carbocycles. The third-order valence-electron chi connectivity index (χ3n) is 2.87. The summed E-state index contributed by atoms with van der Waals surface area (Å²) in [6, 6.07) is 6.34. The summed E-state index contributed by atoms with van der Waals surface area (Å²) < 4.78 is 10.6. The maximum atomic E-state index is 5.43. The Labute approximate surface area is 104 Å². The lowest BCUT2D eigenvalue weighted by atomic mass is 10.0. The summed E-state index contributed by atoms with van der Waals surface area (Å²) in [7, 11) is 3.37. The van der Waals surface area contributed by atoms with Crippen molar-refractivity contribution in [1.82, 2.24) is 5.32 Å². The molecule has 0 aliphatic heterocycles. The van der Waals surface area contributed by atoms with Crippen molar-refractivity contribution in [2.75, 3.05) is 20.8 Å². The zero-order valence-corrected chi connectivity index (χ0v) is 11.2. The van der Waals surface area contributed by atoms with Crippen LogP contribution in [0, 0.1) is 0 Å². The minimum Gasteiger partial charge on any atom is -0.497 e. The van der Waals surface area contributed by atoms with Gasteiger partial charge in [-0.2, -0.15) is 0 Å². The van der Waals surface area contributed by atoms with Crippen molar-refractivity contribution >= 4 is 0 Å². The van der Waals surface area contributed by atoms with Gasteiger partial charge < -0.3 is 14.8 Å². The van der Waals surface area contributed by atoms with E-state index in [9.17, 15) is 0 Å². The van der Waals surface area contributed by atoms with Crippen LogP contribution in [0.3, 0.4) is 0 Å². The first-order chi connectivity index (χ1) is 8.26. The van der Waals surface area contributed by atoms with Gasteiger partial charge in [-0.1, -0.05) is 19.9 Å². The molecule has 0 aromatic heterocycles. The van der Waals surface area contributed by atoms with Gasteiger partial charge in [0.1, 0.15) is 11.5 Å². The summed E-state index contributed by atoms with van der Waals surface area (Å²) in [6.45, 7) is 5.37. The van der Waals surface area contributed by atoms with Gasteiger partial charge in [-0.3, -0.25) is 0 Å². The summed E-state index contributed by atoms with van der Waals surface area (Å²) in [5.74, 6) is 1.72. The largest absolute Gasteiger partial charge is 0.497 e. The summed E-state index contributed by atoms with van der Waals surface area (Å²) >= 11 is 0. The zero-order chi connectivity index (χ0) is 12.7. The number of nitrogens with one attached hydrogen (secondary N) is 1. The second-order valence-corrected chi connectivity index (χ2v) is 4.02. The van der Waals surface area contributed by atoms with E-state index in [1.165, 1.54) is 5.56 Å². The van der Waals surface area contributed by atoms with Gasteiger partial charge in [-0.05, 0) is 25.5 Å². The molecule has 96 valence electrons. The third kappa shape index (κ3) is 3.63. The van der Waals surface area contributed by atoms with E-state index in [1.54, 1.807) is 14.2 Å². The second-order valence-electron chi connectivity index (χ2n) is 4.02. The zero-order valence-electron chi connectivity index (χ0n) is 11.2. The number of benzene rings is 1. The molecular weight excluding hydrogens is 214 g/mol. The van der Waals surface area contributed by atoms with E-state index in [0.717, 1.165) is 30.9 Å². The molecule has 0 amide bonds. The third-order valence-corrected chi connectivity index (χ3v) is 2.87. The number of hydrogen-bond acceptors (Lipinski definition) is 3. The van der Waals surface area contributed by atoms with Crippen LogP contribution in [-0.4, -0.2) is 20.8 Å². The molecule has 3 nitrogen and oxygen atoms in total. The molecule has 0 spiro atoms. The Morgan fingerprint density at radius 1 is 1.18 bits per heavy atom. The van der Waals surface area contributed by atoms with E-state index in [2.05, 4.69) is 25.2 Å². The molecule has 17 heavy (non-hydrogen) atoms. The van der Waals surface area contributed by atoms with Crippen molar-refractivity contribution in [2.45, 2.75) is 32.7 Å². The molecular formula is C14H23NO2. The molecule has 1 rings (SSSR count). The van der Waals surface area contributed by atoms with Crippen LogP contribution in [0.1, 0.15) is 38.3 Å². The van der Waals surface area contributed by atoms with Gasteiger partial charge in [0.05, 0.1) is 14.2 Å². The Morgan fingerprint density at radius 3 is 2.47 bits per heavy atom. The SMILES string of the molecule is CCCN[C@@H](CC)c1ccc(OC)cc1OC. The van der Waals surface area contributed by atoms with Crippen LogP contribution in [0.5, 0.6) is 11.5 Å². The van der Waals surface area contributed by atoms with Gasteiger partial charge in [-0.25, -0.2) is 0 Å². The molecule has 3 heteroatoms. The highest BCUT2D eigenvalue weighted by molar-refractivity contribution is 5.42. The molecule has 0 heterocycles. The molecule has 1 N–H and O–H groups in total. The van der Waals surface area contributed by atoms with Gasteiger partial charge in [0.2, 0.25) is 0 Å². The van der Waals surface area contributed by atoms with Crippen molar-refractivity contribution < 1.29 is 9.47 Å². The summed E-state index contributed by atoms with van der Waals surface area (Å²) in [5.41, 5.74) is 1.20. The van der Waals surface area contributed by atoms with E-state index in [1.807, 2.05) is 12.1 Å². The molecule has 0 radical (unpaired) electrons. The van der Waals surface area contributed by atoms with Crippen LogP contribution in [-0.2, 0) is 0 Å². The topological polar surface area (TPSA) is 30.5 Å². The smallest absolute Gasteiger partial charge is 0.127 e. The standard InChI is InChI=1S/C14H23NO2/c1-5-9-15-13(6-2)12-8-7-11(16-3)10-14(12)17-4/h7-8,10,13,15H,5-6,9H2,1-4H3/t13-/m0/s1. The minimum absolute atomic E-state index is 0.343. The highest BCUT2D eigenvalue weighted by atomic mass is 16.5. The predicted molar refractivity (Wildman–Crippen MR) is 70.9 cm³/mol. The van der Waals surface area contributed by atoms with Crippen LogP contribution < -0.4 is 14.8 Å². The van der Waals surface area contributed by atoms with E-state index in [-0.39, 0.29) is 0 Å². The first-order valence-electron chi connectivity index (χ1n) is 6.22. The number of rotatable bonds is 7. The lowest BCUT2D eigenvalue weighted by Crippen LogP contribution is -2.21. The quantitative estimate of drug-likeness (QED) is 0.790. The monoisotopic (exact) mass is 237 g/mol. The van der Waals surface area contributed by atoms with Crippen molar-refractivity contribution in [3.05, 3.63) is 23.8 Å². The molecule has 0 saturated heterocycles. The van der Waals surface area contributed by atoms with Gasteiger partial charge in [0, 0.05) is 17.7 Å². The highest BCUT2D eigenvalue weighted by Crippen LogP contribution is 2.30. The fourth-order valence-corrected chi connectivity index (χ4v) is 1.90. The summed E-state index contributed by atoms with van der Waals surface area (Å²) in [4.78, 5) is 0. The Bertz CT molecular complexity index is 339. The Kier molecular flexibility index (Phi) is 5.84. The molecule has 1 atom stereocenters. The lowest BCUT2D eigenvalue weighted by molar-refractivity contribution is 0.383. The first-order valence-corrected chi connectivity index (χ1v) is 6.22. The average molecular weight is 237 g/mol. The second kappa shape index (κ2) is 7.17. The fraction of sp³-hybridized carbons (Fsp3) is 0.571. The maximum absolute atomic E-state index is 5.43. The number of hydrogen-bond donors (Lipinski definition) is 1. The fourth-order valence-electron chi connectivity index (χ4n) is 1.90. The van der Waals surface area contributed by atoms with E-state index >= 15 is 0 Å². The van der Waals surface area contributed by atoms with Crippen molar-refractivity contribution in [1.29, 1.82) is 0 Å². The number of methoxy groups -OCH3 is 2. The number of ether oxygens (including phenoxy) is 2. The Hall–Kier alpha value is -1.22. The minimum atomic E-state index is 0.343. The molecule has 0 saturated carbocycles. The van der Waals surface area contributed by atoms with Crippen molar-refractivity contribution in [2.24, 2.45) is 0 Å². The van der Waals surface area contributed by atoms with Crippen LogP contribution in [0.15, 0.2) is 18.2 Å². The van der Waals surface area contributed by atoms with Crippen molar-refractivity contribution in [3.8, 4) is 11.5 Å². The van der Waals surface area contributed by atoms with Crippen LogP contribution in [0.2, 0.25) is 0 Å². The van der Waals surface area contributed by atoms with Gasteiger partial charge in [-0.15, -0.1) is 0 Å². The molecule has 0 aliphatic rings. The lowest BCUT2D eigenvalue weighted by Gasteiger charge is -2.20. The Balaban J connectivity index is 2.93. The first kappa shape index (κ1) is 13.8. The molecule has 1 aromatic carbocycles. The van der Waals surface area contributed by atoms with E-state index in [4.69, 9.17) is 9.47 Å². The molecule has 0 unspecified atom stereocenters. The average Bonchev–Trinajstić information content (AvgIpc) is 2.39. The molecule has 1 aromatic rings. The van der Waals surface area contributed by atoms with Gasteiger partial charge in [0.15, 0.2) is 0 Å². The van der Waals surface area contributed by atoms with E-state index in [0.29, 0.717) is 6.04 Å². The summed E-state index contributed by atoms with van der Waals surface area (Å²) in [5, 5.41) is 3.53. The normalized spacial score (nSPS) is 12.2. The highest BCUT2D eigenvalue weighted by Gasteiger charge is 2.14. The van der Waals surface area contributed by atoms with E-state index < -0.39 is 0 Å². The molecule has 0 fully saturated rings. The summed E-state index contributed by atoms with van der Waals surface area (Å²) in [6.07, 6.45) is 2.18. The predicted octanol–water partition coefficient (Wildman–Crippen LogP) is 3.15. The van der Waals surface area contributed by atoms with Crippen LogP contribution in [0.4, 0.5) is 0 Å². The van der Waals surface area contributed by atoms with Crippen LogP contribution >= 0.6 is 0 Å². The maximum Gasteiger partial charge on any atom is 0.127 e. The van der Waals surface area contributed by atoms with Gasteiger partial charge >= 0.3 is 0 Å². The molecule has 0 bridgehead atoms.